The molecule has 1 N–H and O–H groups in total. The summed E-state index contributed by atoms with van der Waals surface area (Å²) >= 11 is 0. The van der Waals surface area contributed by atoms with Gasteiger partial charge in [-0.15, -0.1) is 0 Å². The molecule has 0 radical (unpaired) electrons. The highest BCUT2D eigenvalue weighted by atomic mass is 16.5. The predicted octanol–water partition coefficient (Wildman–Crippen LogP) is 0.803. The van der Waals surface area contributed by atoms with Crippen LogP contribution in [0.15, 0.2) is 4.99 Å². The van der Waals surface area contributed by atoms with Crippen LogP contribution in [0, 0.1) is 0 Å². The minimum Gasteiger partial charge on any atom is -0.479 e. The summed E-state index contributed by atoms with van der Waals surface area (Å²) in [5, 5.41) is 3.31. The van der Waals surface area contributed by atoms with Crippen LogP contribution in [0.25, 0.3) is 0 Å². The van der Waals surface area contributed by atoms with E-state index < -0.39 is 0 Å². The van der Waals surface area contributed by atoms with Gasteiger partial charge >= 0.3 is 0 Å². The Morgan fingerprint density at radius 3 is 3.00 bits per heavy atom. The molecule has 0 aliphatic carbocycles. The Balaban J connectivity index is 2.03. The maximum atomic E-state index is 5.24. The lowest BCUT2D eigenvalue weighted by Crippen LogP contribution is -2.25. The van der Waals surface area contributed by atoms with Gasteiger partial charge in [0.15, 0.2) is 5.90 Å². The topological polar surface area (TPSA) is 33.6 Å². The van der Waals surface area contributed by atoms with Crippen LogP contribution in [0.3, 0.4) is 0 Å². The monoisotopic (exact) mass is 156 g/mol. The molecule has 0 fully saturated rings. The average Bonchev–Trinajstić information content (AvgIpc) is 2.39. The summed E-state index contributed by atoms with van der Waals surface area (Å²) in [6, 6.07) is 0.553. The third-order valence-electron chi connectivity index (χ3n) is 1.54. The van der Waals surface area contributed by atoms with E-state index in [4.69, 9.17) is 4.74 Å². The number of hydrogen-bond acceptors (Lipinski definition) is 3. The van der Waals surface area contributed by atoms with Gasteiger partial charge in [-0.05, 0) is 0 Å². The van der Waals surface area contributed by atoms with Crippen LogP contribution in [0.4, 0.5) is 0 Å². The lowest BCUT2D eigenvalue weighted by Gasteiger charge is -2.06. The van der Waals surface area contributed by atoms with Crippen LogP contribution in [0.1, 0.15) is 20.3 Å². The summed E-state index contributed by atoms with van der Waals surface area (Å²) in [6.07, 6.45) is 0.929. The fourth-order valence-electron chi connectivity index (χ4n) is 0.998. The van der Waals surface area contributed by atoms with Gasteiger partial charge < -0.3 is 10.1 Å². The molecule has 0 aromatic heterocycles. The van der Waals surface area contributed by atoms with E-state index in [0.717, 1.165) is 32.0 Å². The van der Waals surface area contributed by atoms with Gasteiger partial charge in [0.05, 0.1) is 6.54 Å². The minimum atomic E-state index is 0.553. The van der Waals surface area contributed by atoms with E-state index in [0.29, 0.717) is 6.04 Å². The summed E-state index contributed by atoms with van der Waals surface area (Å²) < 4.78 is 5.24. The Bertz CT molecular complexity index is 143. The highest BCUT2D eigenvalue weighted by Crippen LogP contribution is 1.97. The van der Waals surface area contributed by atoms with Gasteiger partial charge in [0.1, 0.15) is 6.61 Å². The summed E-state index contributed by atoms with van der Waals surface area (Å²) in [6.45, 7) is 6.86. The molecule has 0 amide bonds. The fourth-order valence-corrected chi connectivity index (χ4v) is 0.998. The second kappa shape index (κ2) is 4.34. The third kappa shape index (κ3) is 3.37. The molecule has 0 unspecified atom stereocenters. The predicted molar refractivity (Wildman–Crippen MR) is 46.0 cm³/mol. The Labute approximate surface area is 67.8 Å². The highest BCUT2D eigenvalue weighted by molar-refractivity contribution is 5.77. The molecule has 11 heavy (non-hydrogen) atoms. The standard InChI is InChI=1S/C8H16N2O/c1-7(2)9-4-3-8-10-5-6-11-8/h7,9H,3-6H2,1-2H3. The van der Waals surface area contributed by atoms with Crippen molar-refractivity contribution in [1.29, 1.82) is 0 Å². The number of rotatable bonds is 4. The molecule has 1 heterocycles. The first-order valence-corrected chi connectivity index (χ1v) is 4.18. The zero-order valence-corrected chi connectivity index (χ0v) is 7.26. The number of ether oxygens (including phenoxy) is 1. The second-order valence-corrected chi connectivity index (χ2v) is 2.98. The van der Waals surface area contributed by atoms with E-state index in [9.17, 15) is 0 Å². The zero-order chi connectivity index (χ0) is 8.10. The molecule has 0 aromatic rings. The maximum Gasteiger partial charge on any atom is 0.184 e. The Morgan fingerprint density at radius 1 is 1.64 bits per heavy atom. The lowest BCUT2D eigenvalue weighted by molar-refractivity contribution is 0.337. The molecule has 1 rings (SSSR count). The van der Waals surface area contributed by atoms with Crippen LogP contribution >= 0.6 is 0 Å². The number of aliphatic imine (C=N–C) groups is 1. The third-order valence-corrected chi connectivity index (χ3v) is 1.54. The Kier molecular flexibility index (Phi) is 3.36. The van der Waals surface area contributed by atoms with E-state index in [1.807, 2.05) is 0 Å². The van der Waals surface area contributed by atoms with Crippen LogP contribution < -0.4 is 5.32 Å². The molecule has 1 aliphatic heterocycles. The van der Waals surface area contributed by atoms with Gasteiger partial charge in [-0.3, -0.25) is 4.99 Å². The Hall–Kier alpha value is -0.570. The maximum absolute atomic E-state index is 5.24. The summed E-state index contributed by atoms with van der Waals surface area (Å²) in [4.78, 5) is 4.19. The van der Waals surface area contributed by atoms with Crippen molar-refractivity contribution in [1.82, 2.24) is 5.32 Å². The molecular weight excluding hydrogens is 140 g/mol. The van der Waals surface area contributed by atoms with E-state index in [2.05, 4.69) is 24.2 Å². The van der Waals surface area contributed by atoms with Gasteiger partial charge in [0.2, 0.25) is 0 Å². The van der Waals surface area contributed by atoms with Crippen LogP contribution in [-0.2, 0) is 4.74 Å². The molecule has 1 aliphatic rings. The van der Waals surface area contributed by atoms with E-state index in [1.165, 1.54) is 0 Å². The van der Waals surface area contributed by atoms with Gasteiger partial charge in [0, 0.05) is 19.0 Å². The smallest absolute Gasteiger partial charge is 0.184 e. The van der Waals surface area contributed by atoms with Crippen molar-refractivity contribution in [2.45, 2.75) is 26.3 Å². The van der Waals surface area contributed by atoms with Gasteiger partial charge in [-0.1, -0.05) is 13.8 Å². The molecule has 0 aromatic carbocycles. The fraction of sp³-hybridized carbons (Fsp3) is 0.875. The zero-order valence-electron chi connectivity index (χ0n) is 7.26. The average molecular weight is 156 g/mol. The summed E-state index contributed by atoms with van der Waals surface area (Å²) in [7, 11) is 0. The van der Waals surface area contributed by atoms with Crippen LogP contribution in [0.2, 0.25) is 0 Å². The van der Waals surface area contributed by atoms with Gasteiger partial charge in [-0.25, -0.2) is 0 Å². The molecular formula is C8H16N2O. The normalized spacial score (nSPS) is 16.8. The quantitative estimate of drug-likeness (QED) is 0.653. The second-order valence-electron chi connectivity index (χ2n) is 2.98. The van der Waals surface area contributed by atoms with Crippen molar-refractivity contribution < 1.29 is 4.74 Å². The van der Waals surface area contributed by atoms with E-state index >= 15 is 0 Å². The lowest BCUT2D eigenvalue weighted by atomic mass is 10.3. The molecule has 0 spiro atoms. The Morgan fingerprint density at radius 2 is 2.45 bits per heavy atom. The minimum absolute atomic E-state index is 0.553. The number of hydrogen-bond donors (Lipinski definition) is 1. The number of nitrogens with one attached hydrogen (secondary N) is 1. The van der Waals surface area contributed by atoms with Crippen molar-refractivity contribution in [2.24, 2.45) is 4.99 Å². The van der Waals surface area contributed by atoms with Gasteiger partial charge in [-0.2, -0.15) is 0 Å². The van der Waals surface area contributed by atoms with Crippen molar-refractivity contribution in [2.75, 3.05) is 19.7 Å². The van der Waals surface area contributed by atoms with Crippen LogP contribution in [-0.4, -0.2) is 31.6 Å². The van der Waals surface area contributed by atoms with E-state index in [1.54, 1.807) is 0 Å². The first kappa shape index (κ1) is 8.53. The molecule has 3 heteroatoms. The first-order chi connectivity index (χ1) is 5.29. The SMILES string of the molecule is CC(C)NCCC1=NCCO1. The molecule has 64 valence electrons. The van der Waals surface area contributed by atoms with Crippen molar-refractivity contribution in [3.63, 3.8) is 0 Å². The van der Waals surface area contributed by atoms with Gasteiger partial charge in [0.25, 0.3) is 0 Å². The van der Waals surface area contributed by atoms with E-state index in [-0.39, 0.29) is 0 Å². The van der Waals surface area contributed by atoms with Crippen LogP contribution in [0.5, 0.6) is 0 Å². The molecule has 0 atom stereocenters. The summed E-state index contributed by atoms with van der Waals surface area (Å²) in [5.74, 6) is 0.915. The van der Waals surface area contributed by atoms with Crippen molar-refractivity contribution in [3.8, 4) is 0 Å². The van der Waals surface area contributed by atoms with Crippen molar-refractivity contribution >= 4 is 5.90 Å². The highest BCUT2D eigenvalue weighted by Gasteiger charge is 2.05. The molecule has 0 saturated carbocycles. The number of nitrogens with zero attached hydrogens (tertiary/aromatic N) is 1. The summed E-state index contributed by atoms with van der Waals surface area (Å²) in [5.41, 5.74) is 0. The molecule has 0 saturated heterocycles. The molecule has 3 nitrogen and oxygen atoms in total. The first-order valence-electron chi connectivity index (χ1n) is 4.18. The molecule has 0 bridgehead atoms. The van der Waals surface area contributed by atoms with Crippen molar-refractivity contribution in [3.05, 3.63) is 0 Å². The largest absolute Gasteiger partial charge is 0.479 e.